The van der Waals surface area contributed by atoms with Crippen LogP contribution in [0.15, 0.2) is 0 Å². The quantitative estimate of drug-likeness (QED) is 0.416. The number of hydrogen-bond acceptors (Lipinski definition) is 2. The van der Waals surface area contributed by atoms with E-state index in [1.807, 2.05) is 0 Å². The fourth-order valence-electron chi connectivity index (χ4n) is 1.56. The van der Waals surface area contributed by atoms with Crippen molar-refractivity contribution in [1.82, 2.24) is 0 Å². The number of nitrogens with two attached hydrogens (primary N) is 1. The maximum Gasteiger partial charge on any atom is 0.208 e. The molecule has 52 valence electrons. The Hall–Kier alpha value is -0.120. The second-order valence-electron chi connectivity index (χ2n) is 2.98. The van der Waals surface area contributed by atoms with Gasteiger partial charge in [0.25, 0.3) is 0 Å². The Morgan fingerprint density at radius 2 is 2.44 bits per heavy atom. The van der Waals surface area contributed by atoms with E-state index in [0.717, 1.165) is 19.4 Å². The molecule has 2 heterocycles. The lowest BCUT2D eigenvalue weighted by molar-refractivity contribution is -0.822. The molecule has 3 N–H and O–H groups in total. The molecule has 2 aliphatic heterocycles. The fraction of sp³-hybridized carbons (Fsp3) is 1.00. The molecule has 3 nitrogen and oxygen atoms in total. The predicted molar refractivity (Wildman–Crippen MR) is 30.7 cm³/mol. The van der Waals surface area contributed by atoms with Gasteiger partial charge in [0.2, 0.25) is 5.72 Å². The van der Waals surface area contributed by atoms with Crippen LogP contribution in [0.4, 0.5) is 0 Å². The van der Waals surface area contributed by atoms with E-state index in [0.29, 0.717) is 6.61 Å². The number of quaternary nitrogens is 1. The van der Waals surface area contributed by atoms with E-state index in [2.05, 4.69) is 5.32 Å². The molecule has 2 rings (SSSR count). The molecule has 2 aliphatic rings. The maximum absolute atomic E-state index is 9.08. The first kappa shape index (κ1) is 5.65. The Balaban J connectivity index is 1.99. The molecule has 1 spiro atoms. The van der Waals surface area contributed by atoms with E-state index in [4.69, 9.17) is 9.84 Å². The van der Waals surface area contributed by atoms with Crippen LogP contribution in [0.5, 0.6) is 0 Å². The first-order valence-corrected chi connectivity index (χ1v) is 3.47. The molecule has 0 aromatic carbocycles. The van der Waals surface area contributed by atoms with Crippen molar-refractivity contribution in [2.45, 2.75) is 24.7 Å². The monoisotopic (exact) mass is 130 g/mol. The van der Waals surface area contributed by atoms with Crippen LogP contribution < -0.4 is 5.32 Å². The minimum absolute atomic E-state index is 0.0133. The molecule has 3 heteroatoms. The number of aliphatic hydroxyl groups excluding tert-OH is 1. The van der Waals surface area contributed by atoms with E-state index >= 15 is 0 Å². The molecule has 0 aromatic heterocycles. The van der Waals surface area contributed by atoms with E-state index in [-0.39, 0.29) is 11.8 Å². The fourth-order valence-corrected chi connectivity index (χ4v) is 1.56. The Bertz CT molecular complexity index is 122. The van der Waals surface area contributed by atoms with Gasteiger partial charge in [0.1, 0.15) is 0 Å². The predicted octanol–water partition coefficient (Wildman–Crippen LogP) is -1.57. The lowest BCUT2D eigenvalue weighted by atomic mass is 9.98. The zero-order valence-corrected chi connectivity index (χ0v) is 5.34. The average Bonchev–Trinajstić information content (AvgIpc) is 2.09. The summed E-state index contributed by atoms with van der Waals surface area (Å²) in [5, 5.41) is 11.3. The van der Waals surface area contributed by atoms with E-state index in [1.54, 1.807) is 0 Å². The van der Waals surface area contributed by atoms with Gasteiger partial charge in [-0.25, -0.2) is 0 Å². The molecule has 9 heavy (non-hydrogen) atoms. The summed E-state index contributed by atoms with van der Waals surface area (Å²) in [5.74, 6) is 0. The molecule has 0 amide bonds. The largest absolute Gasteiger partial charge is 0.390 e. The molecule has 2 fully saturated rings. The summed E-state index contributed by atoms with van der Waals surface area (Å²) in [4.78, 5) is 0. The minimum Gasteiger partial charge on any atom is -0.390 e. The van der Waals surface area contributed by atoms with Crippen molar-refractivity contribution in [1.29, 1.82) is 0 Å². The van der Waals surface area contributed by atoms with Crippen LogP contribution in [-0.2, 0) is 4.74 Å². The van der Waals surface area contributed by atoms with Crippen molar-refractivity contribution in [2.24, 2.45) is 0 Å². The van der Waals surface area contributed by atoms with Crippen LogP contribution in [-0.4, -0.2) is 30.1 Å². The lowest BCUT2D eigenvalue weighted by Crippen LogP contribution is -3.05. The number of ether oxygens (including phenoxy) is 1. The van der Waals surface area contributed by atoms with Gasteiger partial charge in [0.05, 0.1) is 32.1 Å². The Kier molecular flexibility index (Phi) is 1.06. The summed E-state index contributed by atoms with van der Waals surface area (Å²) in [6.07, 6.45) is 1.73. The molecule has 2 unspecified atom stereocenters. The van der Waals surface area contributed by atoms with Gasteiger partial charge in [-0.05, 0) is 0 Å². The van der Waals surface area contributed by atoms with E-state index in [1.165, 1.54) is 0 Å². The van der Waals surface area contributed by atoms with E-state index < -0.39 is 0 Å². The highest BCUT2D eigenvalue weighted by atomic mass is 16.5. The van der Waals surface area contributed by atoms with Crippen molar-refractivity contribution >= 4 is 0 Å². The SMILES string of the molecule is OC1COC2(CC[NH2+]2)C1. The molecule has 0 aromatic rings. The summed E-state index contributed by atoms with van der Waals surface area (Å²) in [7, 11) is 0. The summed E-state index contributed by atoms with van der Waals surface area (Å²) in [6.45, 7) is 1.70. The molecule has 0 radical (unpaired) electrons. The standard InChI is InChI=1S/C6H11NO2/c8-5-3-6(9-4-5)1-2-7-6/h5,7-8H,1-4H2/p+1. The van der Waals surface area contributed by atoms with Gasteiger partial charge in [0, 0.05) is 0 Å². The third-order valence-corrected chi connectivity index (χ3v) is 2.23. The second kappa shape index (κ2) is 1.68. The average molecular weight is 130 g/mol. The van der Waals surface area contributed by atoms with Gasteiger partial charge in [-0.1, -0.05) is 0 Å². The first-order chi connectivity index (χ1) is 4.31. The summed E-state index contributed by atoms with van der Waals surface area (Å²) >= 11 is 0. The second-order valence-corrected chi connectivity index (χ2v) is 2.98. The van der Waals surface area contributed by atoms with Crippen molar-refractivity contribution < 1.29 is 15.2 Å². The summed E-state index contributed by atoms with van der Waals surface area (Å²) in [6, 6.07) is 0. The number of rotatable bonds is 0. The Morgan fingerprint density at radius 3 is 2.67 bits per heavy atom. The van der Waals surface area contributed by atoms with Gasteiger partial charge >= 0.3 is 0 Å². The Labute approximate surface area is 54.0 Å². The third kappa shape index (κ3) is 0.764. The van der Waals surface area contributed by atoms with E-state index in [9.17, 15) is 0 Å². The van der Waals surface area contributed by atoms with Crippen LogP contribution in [0.3, 0.4) is 0 Å². The third-order valence-electron chi connectivity index (χ3n) is 2.23. The highest BCUT2D eigenvalue weighted by molar-refractivity contribution is 4.82. The van der Waals surface area contributed by atoms with Crippen molar-refractivity contribution in [3.05, 3.63) is 0 Å². The maximum atomic E-state index is 9.08. The van der Waals surface area contributed by atoms with Gasteiger partial charge in [-0.3, -0.25) is 0 Å². The summed E-state index contributed by atoms with van der Waals surface area (Å²) in [5.41, 5.74) is 0.0133. The smallest absolute Gasteiger partial charge is 0.208 e. The van der Waals surface area contributed by atoms with Crippen LogP contribution >= 0.6 is 0 Å². The summed E-state index contributed by atoms with van der Waals surface area (Å²) < 4.78 is 5.38. The van der Waals surface area contributed by atoms with Crippen LogP contribution in [0.25, 0.3) is 0 Å². The first-order valence-electron chi connectivity index (χ1n) is 3.47. The zero-order valence-electron chi connectivity index (χ0n) is 5.34. The van der Waals surface area contributed by atoms with Crippen molar-refractivity contribution in [2.75, 3.05) is 13.2 Å². The molecular weight excluding hydrogens is 118 g/mol. The minimum atomic E-state index is -0.207. The van der Waals surface area contributed by atoms with Crippen LogP contribution in [0.1, 0.15) is 12.8 Å². The van der Waals surface area contributed by atoms with Gasteiger partial charge in [-0.15, -0.1) is 0 Å². The topological polar surface area (TPSA) is 46.1 Å². The van der Waals surface area contributed by atoms with Gasteiger partial charge in [0.15, 0.2) is 0 Å². The molecule has 0 saturated carbocycles. The van der Waals surface area contributed by atoms with Gasteiger partial charge in [-0.2, -0.15) is 0 Å². The molecular formula is C6H12NO2+. The van der Waals surface area contributed by atoms with Crippen LogP contribution in [0, 0.1) is 0 Å². The Morgan fingerprint density at radius 1 is 1.67 bits per heavy atom. The lowest BCUT2D eigenvalue weighted by Gasteiger charge is -2.33. The number of hydrogen-bond donors (Lipinski definition) is 2. The molecule has 2 atom stereocenters. The van der Waals surface area contributed by atoms with Gasteiger partial charge < -0.3 is 15.2 Å². The molecule has 0 aliphatic carbocycles. The number of aliphatic hydroxyl groups is 1. The van der Waals surface area contributed by atoms with Crippen LogP contribution in [0.2, 0.25) is 0 Å². The van der Waals surface area contributed by atoms with Crippen molar-refractivity contribution in [3.8, 4) is 0 Å². The highest BCUT2D eigenvalue weighted by Crippen LogP contribution is 2.25. The zero-order chi connectivity index (χ0) is 6.32. The normalized spacial score (nSPS) is 49.7. The molecule has 0 bridgehead atoms. The highest BCUT2D eigenvalue weighted by Gasteiger charge is 2.49. The molecule has 2 saturated heterocycles. The van der Waals surface area contributed by atoms with Crippen molar-refractivity contribution in [3.63, 3.8) is 0 Å².